The van der Waals surface area contributed by atoms with E-state index in [1.165, 1.54) is 22.9 Å². The Morgan fingerprint density at radius 1 is 0.912 bits per heavy atom. The number of methoxy groups -OCH3 is 2. The van der Waals surface area contributed by atoms with Gasteiger partial charge in [-0.25, -0.2) is 9.97 Å². The summed E-state index contributed by atoms with van der Waals surface area (Å²) in [7, 11) is 3.16. The van der Waals surface area contributed by atoms with Gasteiger partial charge in [-0.15, -0.1) is 0 Å². The summed E-state index contributed by atoms with van der Waals surface area (Å²) < 4.78 is 10.8. The number of nitriles is 1. The second-order valence-electron chi connectivity index (χ2n) is 7.32. The quantitative estimate of drug-likeness (QED) is 0.268. The summed E-state index contributed by atoms with van der Waals surface area (Å²) in [5, 5.41) is 13.9. The molecule has 0 spiro atoms. The number of pyridine rings is 1. The molecule has 0 saturated carbocycles. The average Bonchev–Trinajstić information content (AvgIpc) is 2.89. The van der Waals surface area contributed by atoms with Gasteiger partial charge in [-0.3, -0.25) is 4.98 Å². The molecule has 0 unspecified atom stereocenters. The van der Waals surface area contributed by atoms with E-state index in [9.17, 15) is 5.26 Å². The fourth-order valence-electron chi connectivity index (χ4n) is 3.50. The predicted octanol–water partition coefficient (Wildman–Crippen LogP) is 5.48. The lowest BCUT2D eigenvalue weighted by atomic mass is 10.1. The number of hydrogen-bond donors (Lipinski definition) is 1. The van der Waals surface area contributed by atoms with Crippen molar-refractivity contribution in [1.82, 2.24) is 15.0 Å². The largest absolute Gasteiger partial charge is 0.493 e. The Balaban J connectivity index is 1.67. The van der Waals surface area contributed by atoms with E-state index in [0.29, 0.717) is 33.7 Å². The molecule has 34 heavy (non-hydrogen) atoms. The molecule has 4 rings (SSSR count). The number of thioether (sulfide) groups is 1. The number of benzene rings is 2. The van der Waals surface area contributed by atoms with Crippen LogP contribution in [0, 0.1) is 11.3 Å². The topological polar surface area (TPSA) is 93.0 Å². The molecular formula is C26H23N5O2S. The van der Waals surface area contributed by atoms with Crippen LogP contribution in [0.1, 0.15) is 16.7 Å². The van der Waals surface area contributed by atoms with Crippen LogP contribution in [0.25, 0.3) is 11.3 Å². The van der Waals surface area contributed by atoms with E-state index in [2.05, 4.69) is 38.5 Å². The number of anilines is 2. The number of nitrogens with one attached hydrogen (secondary N) is 1. The van der Waals surface area contributed by atoms with Crippen LogP contribution in [0.4, 0.5) is 11.5 Å². The van der Waals surface area contributed by atoms with Crippen LogP contribution in [-0.2, 0) is 6.42 Å². The molecule has 4 aromatic rings. The number of ether oxygens (including phenoxy) is 2. The molecule has 0 atom stereocenters. The first-order valence-corrected chi connectivity index (χ1v) is 11.7. The first-order valence-electron chi connectivity index (χ1n) is 10.5. The van der Waals surface area contributed by atoms with E-state index in [-0.39, 0.29) is 0 Å². The van der Waals surface area contributed by atoms with Crippen molar-refractivity contribution < 1.29 is 9.47 Å². The summed E-state index contributed by atoms with van der Waals surface area (Å²) in [5.41, 5.74) is 4.82. The monoisotopic (exact) mass is 469 g/mol. The predicted molar refractivity (Wildman–Crippen MR) is 134 cm³/mol. The maximum atomic E-state index is 10.00. The van der Waals surface area contributed by atoms with Crippen molar-refractivity contribution in [1.29, 1.82) is 5.26 Å². The molecule has 1 N–H and O–H groups in total. The standard InChI is InChI=1S/C26H23N5O2S/c1-32-22-9-6-19(15-23(22)33-2)24-21(16-27)25(31-26(30-24)34-3)29-20-7-4-17(5-8-20)14-18-10-12-28-13-11-18/h4-13,15H,14H2,1-3H3,(H,29,30,31). The van der Waals surface area contributed by atoms with Crippen LogP contribution in [0.15, 0.2) is 72.1 Å². The van der Waals surface area contributed by atoms with E-state index < -0.39 is 0 Å². The number of aromatic nitrogens is 3. The highest BCUT2D eigenvalue weighted by Crippen LogP contribution is 2.35. The Hall–Kier alpha value is -4.09. The van der Waals surface area contributed by atoms with Crippen LogP contribution < -0.4 is 14.8 Å². The summed E-state index contributed by atoms with van der Waals surface area (Å²) in [6, 6.07) is 19.8. The molecular weight excluding hydrogens is 446 g/mol. The molecule has 7 nitrogen and oxygen atoms in total. The normalized spacial score (nSPS) is 10.4. The Kier molecular flexibility index (Phi) is 7.25. The number of nitrogens with zero attached hydrogens (tertiary/aromatic N) is 4. The summed E-state index contributed by atoms with van der Waals surface area (Å²) >= 11 is 1.41. The zero-order valence-corrected chi connectivity index (χ0v) is 19.9. The molecule has 8 heteroatoms. The Labute approximate surface area is 202 Å². The Morgan fingerprint density at radius 2 is 1.62 bits per heavy atom. The van der Waals surface area contributed by atoms with Crippen molar-refractivity contribution in [2.24, 2.45) is 0 Å². The SMILES string of the molecule is COc1ccc(-c2nc(SC)nc(Nc3ccc(Cc4ccncc4)cc3)c2C#N)cc1OC. The minimum Gasteiger partial charge on any atom is -0.493 e. The average molecular weight is 470 g/mol. The summed E-state index contributed by atoms with van der Waals surface area (Å²) in [6.07, 6.45) is 6.31. The third-order valence-electron chi connectivity index (χ3n) is 5.21. The van der Waals surface area contributed by atoms with E-state index in [4.69, 9.17) is 9.47 Å². The van der Waals surface area contributed by atoms with Crippen LogP contribution in [0.3, 0.4) is 0 Å². The van der Waals surface area contributed by atoms with Gasteiger partial charge < -0.3 is 14.8 Å². The molecule has 0 aliphatic rings. The van der Waals surface area contributed by atoms with E-state index in [1.807, 2.05) is 42.7 Å². The van der Waals surface area contributed by atoms with Crippen molar-refractivity contribution in [2.45, 2.75) is 11.6 Å². The second kappa shape index (κ2) is 10.7. The van der Waals surface area contributed by atoms with Gasteiger partial charge in [0.25, 0.3) is 0 Å². The number of hydrogen-bond acceptors (Lipinski definition) is 8. The minimum absolute atomic E-state index is 0.353. The van der Waals surface area contributed by atoms with Crippen molar-refractivity contribution in [3.8, 4) is 28.8 Å². The molecule has 170 valence electrons. The first kappa shape index (κ1) is 23.1. The van der Waals surface area contributed by atoms with Gasteiger partial charge in [0.2, 0.25) is 0 Å². The molecule has 0 fully saturated rings. The summed E-state index contributed by atoms with van der Waals surface area (Å²) in [6.45, 7) is 0. The molecule has 0 saturated heterocycles. The van der Waals surface area contributed by atoms with Crippen LogP contribution >= 0.6 is 11.8 Å². The van der Waals surface area contributed by atoms with Gasteiger partial charge in [0, 0.05) is 23.6 Å². The molecule has 0 radical (unpaired) electrons. The maximum absolute atomic E-state index is 10.00. The zero-order chi connectivity index (χ0) is 23.9. The maximum Gasteiger partial charge on any atom is 0.189 e. The summed E-state index contributed by atoms with van der Waals surface area (Å²) in [5.74, 6) is 1.62. The smallest absolute Gasteiger partial charge is 0.189 e. The molecule has 2 heterocycles. The van der Waals surface area contributed by atoms with E-state index in [1.54, 1.807) is 32.7 Å². The third-order valence-corrected chi connectivity index (χ3v) is 5.76. The molecule has 0 aliphatic heterocycles. The Morgan fingerprint density at radius 3 is 2.26 bits per heavy atom. The summed E-state index contributed by atoms with van der Waals surface area (Å²) in [4.78, 5) is 13.2. The van der Waals surface area contributed by atoms with E-state index in [0.717, 1.165) is 17.7 Å². The molecule has 0 bridgehead atoms. The van der Waals surface area contributed by atoms with Gasteiger partial charge in [-0.2, -0.15) is 5.26 Å². The van der Waals surface area contributed by atoms with Gasteiger partial charge >= 0.3 is 0 Å². The Bertz CT molecular complexity index is 1320. The van der Waals surface area contributed by atoms with Gasteiger partial charge in [0.05, 0.1) is 19.9 Å². The van der Waals surface area contributed by atoms with Gasteiger partial charge in [0.15, 0.2) is 22.5 Å². The lowest BCUT2D eigenvalue weighted by Crippen LogP contribution is -2.04. The first-order chi connectivity index (χ1) is 16.6. The van der Waals surface area contributed by atoms with Crippen molar-refractivity contribution >= 4 is 23.3 Å². The molecule has 2 aromatic heterocycles. The van der Waals surface area contributed by atoms with Gasteiger partial charge in [-0.05, 0) is 66.3 Å². The molecule has 0 aliphatic carbocycles. The molecule has 2 aromatic carbocycles. The lowest BCUT2D eigenvalue weighted by molar-refractivity contribution is 0.355. The highest BCUT2D eigenvalue weighted by molar-refractivity contribution is 7.98. The highest BCUT2D eigenvalue weighted by Gasteiger charge is 2.18. The third kappa shape index (κ3) is 5.11. The van der Waals surface area contributed by atoms with Gasteiger partial charge in [-0.1, -0.05) is 23.9 Å². The van der Waals surface area contributed by atoms with Gasteiger partial charge in [0.1, 0.15) is 11.6 Å². The van der Waals surface area contributed by atoms with Crippen molar-refractivity contribution in [3.63, 3.8) is 0 Å². The minimum atomic E-state index is 0.353. The van der Waals surface area contributed by atoms with Crippen LogP contribution in [0.5, 0.6) is 11.5 Å². The number of rotatable bonds is 8. The highest BCUT2D eigenvalue weighted by atomic mass is 32.2. The van der Waals surface area contributed by atoms with Crippen LogP contribution in [0.2, 0.25) is 0 Å². The lowest BCUT2D eigenvalue weighted by Gasteiger charge is -2.14. The fourth-order valence-corrected chi connectivity index (χ4v) is 3.86. The van der Waals surface area contributed by atoms with Crippen molar-refractivity contribution in [2.75, 3.05) is 25.8 Å². The van der Waals surface area contributed by atoms with Crippen LogP contribution in [-0.4, -0.2) is 35.4 Å². The zero-order valence-electron chi connectivity index (χ0n) is 19.1. The molecule has 0 amide bonds. The van der Waals surface area contributed by atoms with Crippen molar-refractivity contribution in [3.05, 3.63) is 83.7 Å². The fraction of sp³-hybridized carbons (Fsp3) is 0.154. The second-order valence-corrected chi connectivity index (χ2v) is 8.09. The van der Waals surface area contributed by atoms with E-state index >= 15 is 0 Å².